The highest BCUT2D eigenvalue weighted by Gasteiger charge is 2.36. The van der Waals surface area contributed by atoms with Crippen molar-refractivity contribution in [2.45, 2.75) is 44.6 Å². The number of likely N-dealkylation sites (N-methyl/N-ethyl adjacent to an activating group) is 1. The van der Waals surface area contributed by atoms with E-state index in [0.717, 1.165) is 26.1 Å². The van der Waals surface area contributed by atoms with Crippen LogP contribution in [0.1, 0.15) is 39.0 Å². The third-order valence-corrected chi connectivity index (χ3v) is 4.19. The average molecular weight is 286 g/mol. The minimum atomic E-state index is -0.718. The summed E-state index contributed by atoms with van der Waals surface area (Å²) in [7, 11) is 4.10. The quantitative estimate of drug-likeness (QED) is 0.703. The third kappa shape index (κ3) is 5.77. The van der Waals surface area contributed by atoms with E-state index in [0.29, 0.717) is 32.2 Å². The summed E-state index contributed by atoms with van der Waals surface area (Å²) in [6.45, 7) is 5.73. The van der Waals surface area contributed by atoms with Crippen molar-refractivity contribution >= 4 is 5.97 Å². The second kappa shape index (κ2) is 7.96. The Hall–Kier alpha value is -0.650. The Morgan fingerprint density at radius 2 is 1.80 bits per heavy atom. The zero-order valence-electron chi connectivity index (χ0n) is 13.1. The smallest absolute Gasteiger partial charge is 0.306 e. The van der Waals surface area contributed by atoms with E-state index >= 15 is 0 Å². The lowest BCUT2D eigenvalue weighted by atomic mass is 9.78. The van der Waals surface area contributed by atoms with Crippen LogP contribution in [0.5, 0.6) is 0 Å². The SMILES string of the molecule is CCCN(CCN(C)C)CC1(O)CCC(C(=O)O)CC1. The first kappa shape index (κ1) is 17.4. The fourth-order valence-corrected chi connectivity index (χ4v) is 2.90. The number of hydrogen-bond donors (Lipinski definition) is 2. The van der Waals surface area contributed by atoms with Crippen molar-refractivity contribution in [3.05, 3.63) is 0 Å². The predicted octanol–water partition coefficient (Wildman–Crippen LogP) is 1.27. The maximum absolute atomic E-state index is 11.0. The standard InChI is InChI=1S/C15H30N2O3/c1-4-9-17(11-10-16(2)3)12-15(20)7-5-13(6-8-15)14(18)19/h13,20H,4-12H2,1-3H3,(H,18,19). The summed E-state index contributed by atoms with van der Waals surface area (Å²) >= 11 is 0. The summed E-state index contributed by atoms with van der Waals surface area (Å²) in [5, 5.41) is 19.7. The van der Waals surface area contributed by atoms with E-state index in [-0.39, 0.29) is 5.92 Å². The molecule has 1 rings (SSSR count). The number of carboxylic acid groups (broad SMARTS) is 1. The molecule has 1 fully saturated rings. The van der Waals surface area contributed by atoms with E-state index in [9.17, 15) is 9.90 Å². The van der Waals surface area contributed by atoms with Crippen molar-refractivity contribution < 1.29 is 15.0 Å². The van der Waals surface area contributed by atoms with Gasteiger partial charge in [0.15, 0.2) is 0 Å². The van der Waals surface area contributed by atoms with E-state index < -0.39 is 11.6 Å². The van der Waals surface area contributed by atoms with Gasteiger partial charge in [-0.3, -0.25) is 9.69 Å². The maximum atomic E-state index is 11.0. The zero-order chi connectivity index (χ0) is 15.2. The van der Waals surface area contributed by atoms with Crippen LogP contribution in [-0.4, -0.2) is 71.9 Å². The molecule has 0 radical (unpaired) electrons. The van der Waals surface area contributed by atoms with Crippen LogP contribution in [0.2, 0.25) is 0 Å². The molecule has 0 aromatic heterocycles. The molecule has 5 nitrogen and oxygen atoms in total. The lowest BCUT2D eigenvalue weighted by Gasteiger charge is -2.39. The van der Waals surface area contributed by atoms with Gasteiger partial charge in [-0.05, 0) is 52.7 Å². The number of carboxylic acids is 1. The summed E-state index contributed by atoms with van der Waals surface area (Å²) in [5.74, 6) is -0.984. The zero-order valence-corrected chi connectivity index (χ0v) is 13.1. The lowest BCUT2D eigenvalue weighted by Crippen LogP contribution is -2.47. The molecule has 0 unspecified atom stereocenters. The fourth-order valence-electron chi connectivity index (χ4n) is 2.90. The van der Waals surface area contributed by atoms with Crippen molar-refractivity contribution in [1.29, 1.82) is 0 Å². The molecule has 0 aromatic rings. The van der Waals surface area contributed by atoms with Crippen LogP contribution in [0.3, 0.4) is 0 Å². The molecule has 0 amide bonds. The number of aliphatic carboxylic acids is 1. The van der Waals surface area contributed by atoms with Gasteiger partial charge in [-0.2, -0.15) is 0 Å². The monoisotopic (exact) mass is 286 g/mol. The van der Waals surface area contributed by atoms with Gasteiger partial charge in [0.05, 0.1) is 11.5 Å². The van der Waals surface area contributed by atoms with Gasteiger partial charge >= 0.3 is 5.97 Å². The van der Waals surface area contributed by atoms with Gasteiger partial charge in [-0.1, -0.05) is 6.92 Å². The van der Waals surface area contributed by atoms with E-state index in [2.05, 4.69) is 30.8 Å². The number of hydrogen-bond acceptors (Lipinski definition) is 4. The number of rotatable bonds is 8. The van der Waals surface area contributed by atoms with Crippen LogP contribution in [0.4, 0.5) is 0 Å². The first-order valence-corrected chi connectivity index (χ1v) is 7.68. The second-order valence-corrected chi connectivity index (χ2v) is 6.42. The van der Waals surface area contributed by atoms with Crippen molar-refractivity contribution in [1.82, 2.24) is 9.80 Å². The van der Waals surface area contributed by atoms with Crippen LogP contribution in [0.25, 0.3) is 0 Å². The predicted molar refractivity (Wildman–Crippen MR) is 79.8 cm³/mol. The van der Waals surface area contributed by atoms with Gasteiger partial charge in [0.25, 0.3) is 0 Å². The van der Waals surface area contributed by atoms with E-state index in [4.69, 9.17) is 5.11 Å². The van der Waals surface area contributed by atoms with Crippen LogP contribution >= 0.6 is 0 Å². The van der Waals surface area contributed by atoms with E-state index in [1.54, 1.807) is 0 Å². The molecule has 1 saturated carbocycles. The molecule has 1 aliphatic rings. The molecule has 0 saturated heterocycles. The Labute approximate surface area is 122 Å². The van der Waals surface area contributed by atoms with Gasteiger partial charge in [-0.15, -0.1) is 0 Å². The highest BCUT2D eigenvalue weighted by atomic mass is 16.4. The van der Waals surface area contributed by atoms with Gasteiger partial charge < -0.3 is 15.1 Å². The molecule has 5 heteroatoms. The molecule has 2 N–H and O–H groups in total. The molecular formula is C15H30N2O3. The van der Waals surface area contributed by atoms with E-state index in [1.807, 2.05) is 0 Å². The lowest BCUT2D eigenvalue weighted by molar-refractivity contribution is -0.145. The van der Waals surface area contributed by atoms with Crippen LogP contribution < -0.4 is 0 Å². The number of nitrogens with zero attached hydrogens (tertiary/aromatic N) is 2. The van der Waals surface area contributed by atoms with Crippen molar-refractivity contribution in [3.63, 3.8) is 0 Å². The molecule has 0 aromatic carbocycles. The summed E-state index contributed by atoms with van der Waals surface area (Å²) in [4.78, 5) is 15.4. The van der Waals surface area contributed by atoms with Crippen molar-refractivity contribution in [2.24, 2.45) is 5.92 Å². The molecule has 0 bridgehead atoms. The van der Waals surface area contributed by atoms with E-state index in [1.165, 1.54) is 0 Å². The molecule has 0 atom stereocenters. The van der Waals surface area contributed by atoms with Gasteiger partial charge in [-0.25, -0.2) is 0 Å². The molecule has 20 heavy (non-hydrogen) atoms. The fraction of sp³-hybridized carbons (Fsp3) is 0.933. The van der Waals surface area contributed by atoms with Crippen molar-refractivity contribution in [3.8, 4) is 0 Å². The summed E-state index contributed by atoms with van der Waals surface area (Å²) in [6, 6.07) is 0. The Bertz CT molecular complexity index is 299. The maximum Gasteiger partial charge on any atom is 0.306 e. The van der Waals surface area contributed by atoms with Gasteiger partial charge in [0, 0.05) is 19.6 Å². The average Bonchev–Trinajstić information content (AvgIpc) is 2.36. The third-order valence-electron chi connectivity index (χ3n) is 4.19. The molecule has 0 aliphatic heterocycles. The minimum Gasteiger partial charge on any atom is -0.481 e. The topological polar surface area (TPSA) is 64.0 Å². The minimum absolute atomic E-state index is 0.267. The first-order valence-electron chi connectivity index (χ1n) is 7.68. The first-order chi connectivity index (χ1) is 9.36. The second-order valence-electron chi connectivity index (χ2n) is 6.42. The Morgan fingerprint density at radius 3 is 2.25 bits per heavy atom. The normalized spacial score (nSPS) is 27.2. The molecule has 0 heterocycles. The summed E-state index contributed by atoms with van der Waals surface area (Å²) in [6.07, 6.45) is 3.47. The van der Waals surface area contributed by atoms with Crippen LogP contribution in [-0.2, 0) is 4.79 Å². The van der Waals surface area contributed by atoms with Crippen molar-refractivity contribution in [2.75, 3.05) is 40.3 Å². The molecule has 118 valence electrons. The van der Waals surface area contributed by atoms with Gasteiger partial charge in [0.2, 0.25) is 0 Å². The highest BCUT2D eigenvalue weighted by molar-refractivity contribution is 5.70. The summed E-state index contributed by atoms with van der Waals surface area (Å²) < 4.78 is 0. The Morgan fingerprint density at radius 1 is 1.20 bits per heavy atom. The molecule has 0 spiro atoms. The Kier molecular flexibility index (Phi) is 6.92. The number of aliphatic hydroxyl groups is 1. The van der Waals surface area contributed by atoms with Crippen LogP contribution in [0, 0.1) is 5.92 Å². The molecular weight excluding hydrogens is 256 g/mol. The number of carbonyl (C=O) groups is 1. The molecule has 1 aliphatic carbocycles. The Balaban J connectivity index is 2.48. The largest absolute Gasteiger partial charge is 0.481 e. The summed E-state index contributed by atoms with van der Waals surface area (Å²) in [5.41, 5.74) is -0.701. The van der Waals surface area contributed by atoms with Gasteiger partial charge in [0.1, 0.15) is 0 Å². The highest BCUT2D eigenvalue weighted by Crippen LogP contribution is 2.32. The van der Waals surface area contributed by atoms with Crippen LogP contribution in [0.15, 0.2) is 0 Å².